The van der Waals surface area contributed by atoms with Gasteiger partial charge >= 0.3 is 0 Å². The molecular weight excluding hydrogens is 259 g/mol. The van der Waals surface area contributed by atoms with Crippen molar-refractivity contribution in [1.82, 2.24) is 0 Å². The van der Waals surface area contributed by atoms with Crippen molar-refractivity contribution in [2.75, 3.05) is 26.5 Å². The second-order valence-corrected chi connectivity index (χ2v) is 8.19. The third-order valence-corrected chi connectivity index (χ3v) is 4.55. The summed E-state index contributed by atoms with van der Waals surface area (Å²) in [5, 5.41) is 1.34. The highest BCUT2D eigenvalue weighted by atomic mass is 35.5. The molecule has 1 aromatic rings. The molecule has 3 nitrogen and oxygen atoms in total. The molecule has 0 aliphatic carbocycles. The fourth-order valence-corrected chi connectivity index (χ4v) is 2.73. The molecule has 94 valence electrons. The van der Waals surface area contributed by atoms with E-state index >= 15 is 0 Å². The standard InChI is InChI=1S/C12H16ClO3P/c1-17(2,14)10-3-4-11(13)12(7-10)16-9-5-6-15-8-9/h3-4,7,9H,5-6,8H2,1-2H3/t9-/m1/s1. The summed E-state index contributed by atoms with van der Waals surface area (Å²) in [6.07, 6.45) is 0.923. The van der Waals surface area contributed by atoms with Crippen molar-refractivity contribution in [3.63, 3.8) is 0 Å². The second-order valence-electron chi connectivity index (χ2n) is 4.57. The predicted octanol–water partition coefficient (Wildman–Crippen LogP) is 2.76. The van der Waals surface area contributed by atoms with E-state index in [1.165, 1.54) is 0 Å². The average Bonchev–Trinajstić information content (AvgIpc) is 2.72. The molecule has 17 heavy (non-hydrogen) atoms. The molecule has 1 aliphatic rings. The van der Waals surface area contributed by atoms with Crippen LogP contribution in [0.5, 0.6) is 5.75 Å². The lowest BCUT2D eigenvalue weighted by atomic mass is 10.3. The summed E-state index contributed by atoms with van der Waals surface area (Å²) in [7, 11) is -2.28. The minimum absolute atomic E-state index is 0.0517. The summed E-state index contributed by atoms with van der Waals surface area (Å²) >= 11 is 6.07. The largest absolute Gasteiger partial charge is 0.486 e. The van der Waals surface area contributed by atoms with Gasteiger partial charge in [-0.05, 0) is 31.5 Å². The van der Waals surface area contributed by atoms with Crippen LogP contribution in [0.4, 0.5) is 0 Å². The Bertz CT molecular complexity index is 449. The fraction of sp³-hybridized carbons (Fsp3) is 0.500. The maximum atomic E-state index is 12.0. The van der Waals surface area contributed by atoms with Crippen LogP contribution >= 0.6 is 18.7 Å². The lowest BCUT2D eigenvalue weighted by molar-refractivity contribution is 0.141. The van der Waals surface area contributed by atoms with E-state index in [0.29, 0.717) is 17.4 Å². The van der Waals surface area contributed by atoms with E-state index in [-0.39, 0.29) is 6.10 Å². The minimum Gasteiger partial charge on any atom is -0.486 e. The van der Waals surface area contributed by atoms with Crippen LogP contribution in [-0.4, -0.2) is 32.6 Å². The molecule has 1 aromatic carbocycles. The van der Waals surface area contributed by atoms with Gasteiger partial charge in [-0.15, -0.1) is 0 Å². The third kappa shape index (κ3) is 3.25. The molecule has 0 bridgehead atoms. The molecule has 1 saturated heterocycles. The van der Waals surface area contributed by atoms with Crippen molar-refractivity contribution in [3.8, 4) is 5.75 Å². The SMILES string of the molecule is CP(C)(=O)c1ccc(Cl)c(O[C@@H]2CCOC2)c1. The van der Waals surface area contributed by atoms with Gasteiger partial charge in [-0.25, -0.2) is 0 Å². The Kier molecular flexibility index (Phi) is 3.82. The normalized spacial score (nSPS) is 20.5. The number of ether oxygens (including phenoxy) is 2. The van der Waals surface area contributed by atoms with Crippen molar-refractivity contribution in [3.05, 3.63) is 23.2 Å². The number of hydrogen-bond donors (Lipinski definition) is 0. The molecule has 0 radical (unpaired) electrons. The Labute approximate surface area is 106 Å². The van der Waals surface area contributed by atoms with Crippen LogP contribution in [0, 0.1) is 0 Å². The zero-order chi connectivity index (χ0) is 12.5. The Morgan fingerprint density at radius 3 is 2.82 bits per heavy atom. The summed E-state index contributed by atoms with van der Waals surface area (Å²) in [6, 6.07) is 5.31. The molecule has 1 atom stereocenters. The molecule has 0 unspecified atom stereocenters. The van der Waals surface area contributed by atoms with Gasteiger partial charge in [0.05, 0.1) is 18.2 Å². The van der Waals surface area contributed by atoms with Gasteiger partial charge in [0.25, 0.3) is 0 Å². The monoisotopic (exact) mass is 274 g/mol. The quantitative estimate of drug-likeness (QED) is 0.795. The maximum absolute atomic E-state index is 12.0. The number of benzene rings is 1. The van der Waals surface area contributed by atoms with E-state index in [9.17, 15) is 4.57 Å². The highest BCUT2D eigenvalue weighted by molar-refractivity contribution is 7.70. The van der Waals surface area contributed by atoms with Crippen LogP contribution in [0.3, 0.4) is 0 Å². The summed E-state index contributed by atoms with van der Waals surface area (Å²) in [5.74, 6) is 0.601. The van der Waals surface area contributed by atoms with Crippen molar-refractivity contribution in [2.45, 2.75) is 12.5 Å². The smallest absolute Gasteiger partial charge is 0.139 e. The summed E-state index contributed by atoms with van der Waals surface area (Å²) < 4.78 is 23.0. The van der Waals surface area contributed by atoms with Gasteiger partial charge in [-0.2, -0.15) is 0 Å². The van der Waals surface area contributed by atoms with E-state index in [2.05, 4.69) is 0 Å². The molecule has 0 saturated carbocycles. The van der Waals surface area contributed by atoms with Crippen molar-refractivity contribution in [1.29, 1.82) is 0 Å². The van der Waals surface area contributed by atoms with Crippen LogP contribution in [0.1, 0.15) is 6.42 Å². The maximum Gasteiger partial charge on any atom is 0.139 e. The van der Waals surface area contributed by atoms with Crippen LogP contribution < -0.4 is 10.0 Å². The molecule has 1 aliphatic heterocycles. The average molecular weight is 275 g/mol. The van der Waals surface area contributed by atoms with Gasteiger partial charge in [0.15, 0.2) is 0 Å². The fourth-order valence-electron chi connectivity index (χ4n) is 1.70. The Morgan fingerprint density at radius 2 is 2.24 bits per heavy atom. The van der Waals surface area contributed by atoms with E-state index in [1.54, 1.807) is 31.5 Å². The van der Waals surface area contributed by atoms with Crippen molar-refractivity contribution in [2.24, 2.45) is 0 Å². The Morgan fingerprint density at radius 1 is 1.47 bits per heavy atom. The molecule has 0 spiro atoms. The first-order valence-corrected chi connectivity index (χ1v) is 8.54. The van der Waals surface area contributed by atoms with E-state index in [4.69, 9.17) is 21.1 Å². The molecule has 1 heterocycles. The van der Waals surface area contributed by atoms with Crippen LogP contribution in [0.25, 0.3) is 0 Å². The Balaban J connectivity index is 2.23. The van der Waals surface area contributed by atoms with Crippen molar-refractivity contribution >= 4 is 24.0 Å². The van der Waals surface area contributed by atoms with Gasteiger partial charge in [-0.3, -0.25) is 0 Å². The highest BCUT2D eigenvalue weighted by Crippen LogP contribution is 2.37. The van der Waals surface area contributed by atoms with Gasteiger partial charge in [0, 0.05) is 11.7 Å². The van der Waals surface area contributed by atoms with Crippen LogP contribution in [0.15, 0.2) is 18.2 Å². The van der Waals surface area contributed by atoms with E-state index in [1.807, 2.05) is 0 Å². The lowest BCUT2D eigenvalue weighted by Crippen LogP contribution is -2.17. The van der Waals surface area contributed by atoms with E-state index < -0.39 is 7.14 Å². The van der Waals surface area contributed by atoms with Crippen molar-refractivity contribution < 1.29 is 14.0 Å². The molecule has 1 fully saturated rings. The first-order valence-electron chi connectivity index (χ1n) is 5.56. The van der Waals surface area contributed by atoms with Crippen LogP contribution in [0.2, 0.25) is 5.02 Å². The predicted molar refractivity (Wildman–Crippen MR) is 70.4 cm³/mol. The molecular formula is C12H16ClO3P. The van der Waals surface area contributed by atoms with Crippen LogP contribution in [-0.2, 0) is 9.30 Å². The minimum atomic E-state index is -2.28. The molecule has 0 amide bonds. The summed E-state index contributed by atoms with van der Waals surface area (Å²) in [4.78, 5) is 0. The van der Waals surface area contributed by atoms with Gasteiger partial charge in [0.2, 0.25) is 0 Å². The summed E-state index contributed by atoms with van der Waals surface area (Å²) in [5.41, 5.74) is 0. The van der Waals surface area contributed by atoms with Gasteiger partial charge < -0.3 is 14.0 Å². The number of hydrogen-bond acceptors (Lipinski definition) is 3. The van der Waals surface area contributed by atoms with Gasteiger partial charge in [-0.1, -0.05) is 11.6 Å². The molecule has 2 rings (SSSR count). The first kappa shape index (κ1) is 12.9. The number of halogens is 1. The summed E-state index contributed by atoms with van der Waals surface area (Å²) in [6.45, 7) is 4.79. The van der Waals surface area contributed by atoms with E-state index in [0.717, 1.165) is 18.3 Å². The Hall–Kier alpha value is -0.500. The third-order valence-electron chi connectivity index (χ3n) is 2.72. The molecule has 5 heteroatoms. The lowest BCUT2D eigenvalue weighted by Gasteiger charge is -2.15. The number of rotatable bonds is 3. The van der Waals surface area contributed by atoms with Gasteiger partial charge in [0.1, 0.15) is 19.0 Å². The second kappa shape index (κ2) is 5.01. The zero-order valence-corrected chi connectivity index (χ0v) is 11.6. The highest BCUT2D eigenvalue weighted by Gasteiger charge is 2.20. The topological polar surface area (TPSA) is 35.5 Å². The zero-order valence-electron chi connectivity index (χ0n) is 9.98. The molecule has 0 N–H and O–H groups in total. The first-order chi connectivity index (χ1) is 7.97. The molecule has 0 aromatic heterocycles.